The largest absolute Gasteiger partial charge is 0.384 e. The van der Waals surface area contributed by atoms with Crippen molar-refractivity contribution < 1.29 is 0 Å². The topological polar surface area (TPSA) is 12.0 Å². The van der Waals surface area contributed by atoms with E-state index in [1.807, 2.05) is 0 Å². The van der Waals surface area contributed by atoms with Crippen molar-refractivity contribution in [2.45, 2.75) is 12.5 Å². The average molecular weight is 221 g/mol. The first kappa shape index (κ1) is 10.2. The van der Waals surface area contributed by atoms with Gasteiger partial charge < -0.3 is 5.32 Å². The molecule has 1 unspecified atom stereocenters. The third-order valence-corrected chi connectivity index (χ3v) is 3.21. The molecule has 84 valence electrons. The molecular formula is C16H15N. The normalized spacial score (nSPS) is 17.3. The minimum absolute atomic E-state index is 0.388. The van der Waals surface area contributed by atoms with Gasteiger partial charge in [-0.15, -0.1) is 0 Å². The van der Waals surface area contributed by atoms with E-state index in [0.29, 0.717) is 6.04 Å². The number of benzene rings is 2. The lowest BCUT2D eigenvalue weighted by Crippen LogP contribution is -2.21. The molecule has 1 aliphatic heterocycles. The van der Waals surface area contributed by atoms with Gasteiger partial charge in [-0.1, -0.05) is 54.6 Å². The summed E-state index contributed by atoms with van der Waals surface area (Å²) in [6.45, 7) is 0. The van der Waals surface area contributed by atoms with Crippen LogP contribution in [0.4, 0.5) is 0 Å². The van der Waals surface area contributed by atoms with Crippen molar-refractivity contribution in [2.24, 2.45) is 0 Å². The SMILES string of the molecule is C1=Cc2ccccc2C(Cc2ccccc2)N1. The van der Waals surface area contributed by atoms with Gasteiger partial charge in [-0.2, -0.15) is 0 Å². The van der Waals surface area contributed by atoms with Gasteiger partial charge in [0.15, 0.2) is 0 Å². The minimum atomic E-state index is 0.388. The molecule has 3 rings (SSSR count). The zero-order valence-electron chi connectivity index (χ0n) is 9.64. The molecule has 0 aromatic heterocycles. The molecule has 0 bridgehead atoms. The Bertz CT molecular complexity index is 528. The first-order valence-corrected chi connectivity index (χ1v) is 5.99. The molecule has 0 amide bonds. The van der Waals surface area contributed by atoms with Crippen LogP contribution in [0.1, 0.15) is 22.7 Å². The molecule has 1 N–H and O–H groups in total. The van der Waals surface area contributed by atoms with Gasteiger partial charge in [-0.05, 0) is 35.4 Å². The summed E-state index contributed by atoms with van der Waals surface area (Å²) in [6, 6.07) is 19.6. The van der Waals surface area contributed by atoms with Crippen molar-refractivity contribution in [1.29, 1.82) is 0 Å². The van der Waals surface area contributed by atoms with Crippen LogP contribution in [-0.2, 0) is 6.42 Å². The van der Waals surface area contributed by atoms with E-state index in [9.17, 15) is 0 Å². The number of hydrogen-bond donors (Lipinski definition) is 1. The van der Waals surface area contributed by atoms with E-state index in [2.05, 4.69) is 72.2 Å². The Morgan fingerprint density at radius 3 is 2.53 bits per heavy atom. The Hall–Kier alpha value is -2.02. The highest BCUT2D eigenvalue weighted by molar-refractivity contribution is 5.57. The van der Waals surface area contributed by atoms with Gasteiger partial charge in [0.25, 0.3) is 0 Å². The van der Waals surface area contributed by atoms with Crippen molar-refractivity contribution >= 4 is 6.08 Å². The predicted molar refractivity (Wildman–Crippen MR) is 71.5 cm³/mol. The number of rotatable bonds is 2. The fourth-order valence-corrected chi connectivity index (χ4v) is 2.34. The highest BCUT2D eigenvalue weighted by Crippen LogP contribution is 2.25. The van der Waals surface area contributed by atoms with Crippen LogP contribution in [-0.4, -0.2) is 0 Å². The lowest BCUT2D eigenvalue weighted by atomic mass is 9.93. The van der Waals surface area contributed by atoms with E-state index in [1.165, 1.54) is 16.7 Å². The summed E-state index contributed by atoms with van der Waals surface area (Å²) < 4.78 is 0. The summed E-state index contributed by atoms with van der Waals surface area (Å²) in [6.07, 6.45) is 5.22. The minimum Gasteiger partial charge on any atom is -0.384 e. The smallest absolute Gasteiger partial charge is 0.0554 e. The maximum atomic E-state index is 3.44. The Balaban J connectivity index is 1.88. The number of nitrogens with one attached hydrogen (secondary N) is 1. The lowest BCUT2D eigenvalue weighted by Gasteiger charge is -2.23. The van der Waals surface area contributed by atoms with Gasteiger partial charge in [-0.25, -0.2) is 0 Å². The molecule has 1 aliphatic rings. The number of hydrogen-bond acceptors (Lipinski definition) is 1. The summed E-state index contributed by atoms with van der Waals surface area (Å²) in [5, 5.41) is 3.44. The first-order chi connectivity index (χ1) is 8.43. The van der Waals surface area contributed by atoms with Crippen LogP contribution in [0.25, 0.3) is 6.08 Å². The van der Waals surface area contributed by atoms with E-state index >= 15 is 0 Å². The number of fused-ring (bicyclic) bond motifs is 1. The van der Waals surface area contributed by atoms with Crippen molar-refractivity contribution in [3.8, 4) is 0 Å². The lowest BCUT2D eigenvalue weighted by molar-refractivity contribution is 0.613. The quantitative estimate of drug-likeness (QED) is 0.817. The van der Waals surface area contributed by atoms with Crippen LogP contribution >= 0.6 is 0 Å². The Morgan fingerprint density at radius 1 is 0.882 bits per heavy atom. The maximum Gasteiger partial charge on any atom is 0.0554 e. The zero-order chi connectivity index (χ0) is 11.5. The summed E-state index contributed by atoms with van der Waals surface area (Å²) in [5.41, 5.74) is 4.08. The second kappa shape index (κ2) is 4.46. The van der Waals surface area contributed by atoms with Crippen LogP contribution < -0.4 is 5.32 Å². The van der Waals surface area contributed by atoms with E-state index in [-0.39, 0.29) is 0 Å². The van der Waals surface area contributed by atoms with E-state index < -0.39 is 0 Å². The standard InChI is InChI=1S/C16H15N/c1-2-6-13(7-3-1)12-16-15-9-5-4-8-14(15)10-11-17-16/h1-11,16-17H,12H2. The fraction of sp³-hybridized carbons (Fsp3) is 0.125. The zero-order valence-corrected chi connectivity index (χ0v) is 9.64. The predicted octanol–water partition coefficient (Wildman–Crippen LogP) is 3.54. The highest BCUT2D eigenvalue weighted by Gasteiger charge is 2.15. The van der Waals surface area contributed by atoms with Crippen LogP contribution in [0.15, 0.2) is 60.8 Å². The van der Waals surface area contributed by atoms with Gasteiger partial charge in [0.2, 0.25) is 0 Å². The molecule has 17 heavy (non-hydrogen) atoms. The average Bonchev–Trinajstić information content (AvgIpc) is 2.40. The van der Waals surface area contributed by atoms with Crippen molar-refractivity contribution in [2.75, 3.05) is 0 Å². The molecule has 1 nitrogen and oxygen atoms in total. The molecule has 2 aromatic rings. The van der Waals surface area contributed by atoms with E-state index in [0.717, 1.165) is 6.42 Å². The molecule has 0 saturated heterocycles. The van der Waals surface area contributed by atoms with Gasteiger partial charge in [-0.3, -0.25) is 0 Å². The Labute approximate surface area is 102 Å². The van der Waals surface area contributed by atoms with E-state index in [4.69, 9.17) is 0 Å². The van der Waals surface area contributed by atoms with Crippen molar-refractivity contribution in [3.63, 3.8) is 0 Å². The van der Waals surface area contributed by atoms with Gasteiger partial charge in [0.05, 0.1) is 6.04 Å². The van der Waals surface area contributed by atoms with Crippen molar-refractivity contribution in [1.82, 2.24) is 5.32 Å². The maximum absolute atomic E-state index is 3.44. The molecular weight excluding hydrogens is 206 g/mol. The Kier molecular flexibility index (Phi) is 2.66. The van der Waals surface area contributed by atoms with Crippen LogP contribution in [0.3, 0.4) is 0 Å². The third kappa shape index (κ3) is 2.09. The van der Waals surface area contributed by atoms with Crippen LogP contribution in [0.2, 0.25) is 0 Å². The van der Waals surface area contributed by atoms with Gasteiger partial charge in [0.1, 0.15) is 0 Å². The molecule has 2 aromatic carbocycles. The van der Waals surface area contributed by atoms with E-state index in [1.54, 1.807) is 0 Å². The van der Waals surface area contributed by atoms with Gasteiger partial charge in [0, 0.05) is 0 Å². The summed E-state index contributed by atoms with van der Waals surface area (Å²) in [7, 11) is 0. The third-order valence-electron chi connectivity index (χ3n) is 3.21. The first-order valence-electron chi connectivity index (χ1n) is 5.99. The second-order valence-corrected chi connectivity index (χ2v) is 4.37. The molecule has 0 radical (unpaired) electrons. The summed E-state index contributed by atoms with van der Waals surface area (Å²) >= 11 is 0. The highest BCUT2D eigenvalue weighted by atomic mass is 14.9. The summed E-state index contributed by atoms with van der Waals surface area (Å²) in [5.74, 6) is 0. The molecule has 0 spiro atoms. The molecule has 0 aliphatic carbocycles. The van der Waals surface area contributed by atoms with Crippen LogP contribution in [0, 0.1) is 0 Å². The molecule has 0 fully saturated rings. The summed E-state index contributed by atoms with van der Waals surface area (Å²) in [4.78, 5) is 0. The Morgan fingerprint density at radius 2 is 1.65 bits per heavy atom. The van der Waals surface area contributed by atoms with Crippen molar-refractivity contribution in [3.05, 3.63) is 77.5 Å². The molecule has 1 atom stereocenters. The molecule has 1 heterocycles. The van der Waals surface area contributed by atoms with Crippen LogP contribution in [0.5, 0.6) is 0 Å². The monoisotopic (exact) mass is 221 g/mol. The van der Waals surface area contributed by atoms with Gasteiger partial charge >= 0.3 is 0 Å². The second-order valence-electron chi connectivity index (χ2n) is 4.37. The fourth-order valence-electron chi connectivity index (χ4n) is 2.34. The molecule has 0 saturated carbocycles. The molecule has 1 heteroatoms.